The Kier molecular flexibility index (Phi) is 4.48. The van der Waals surface area contributed by atoms with Crippen LogP contribution in [0.5, 0.6) is 11.8 Å². The average molecular weight is 395 g/mol. The van der Waals surface area contributed by atoms with Crippen molar-refractivity contribution in [3.8, 4) is 17.4 Å². The Bertz CT molecular complexity index is 966. The number of amides is 1. The molecule has 10 heteroatoms. The van der Waals surface area contributed by atoms with E-state index in [0.29, 0.717) is 5.69 Å². The lowest BCUT2D eigenvalue weighted by Crippen LogP contribution is -2.31. The topological polar surface area (TPSA) is 82.4 Å². The number of benzene rings is 1. The number of halogens is 3. The van der Waals surface area contributed by atoms with Crippen LogP contribution >= 0.6 is 0 Å². The number of alkyl halides is 3. The number of nitrogens with one attached hydrogen (secondary N) is 1. The second kappa shape index (κ2) is 6.84. The molecule has 1 saturated carbocycles. The van der Waals surface area contributed by atoms with E-state index in [4.69, 9.17) is 4.74 Å². The van der Waals surface area contributed by atoms with E-state index in [9.17, 15) is 22.8 Å². The fraction of sp³-hybridized carbons (Fsp3) is 0.389. The molecule has 7 nitrogen and oxygen atoms in total. The Morgan fingerprint density at radius 1 is 1.18 bits per heavy atom. The molecule has 4 rings (SSSR count). The molecule has 1 aliphatic heterocycles. The number of carbonyl (C=O) groups excluding carboxylic acids is 1. The lowest BCUT2D eigenvalue weighted by molar-refractivity contribution is -0.153. The maximum absolute atomic E-state index is 12.9. The van der Waals surface area contributed by atoms with Gasteiger partial charge in [-0.2, -0.15) is 18.2 Å². The highest BCUT2D eigenvalue weighted by Crippen LogP contribution is 2.28. The minimum Gasteiger partial charge on any atom is -0.484 e. The van der Waals surface area contributed by atoms with Crippen molar-refractivity contribution in [2.45, 2.75) is 38.0 Å². The van der Waals surface area contributed by atoms with Gasteiger partial charge in [0.05, 0.1) is 17.7 Å². The predicted molar refractivity (Wildman–Crippen MR) is 92.0 cm³/mol. The summed E-state index contributed by atoms with van der Waals surface area (Å²) in [5.41, 5.74) is 0.123. The summed E-state index contributed by atoms with van der Waals surface area (Å²) in [5, 5.41) is 2.54. The van der Waals surface area contributed by atoms with E-state index in [1.54, 1.807) is 0 Å². The number of hydrogen-bond donors (Lipinski definition) is 1. The first-order valence-electron chi connectivity index (χ1n) is 8.72. The first kappa shape index (κ1) is 18.3. The summed E-state index contributed by atoms with van der Waals surface area (Å²) in [5.74, 6) is -0.130. The van der Waals surface area contributed by atoms with Gasteiger partial charge < -0.3 is 14.8 Å². The van der Waals surface area contributed by atoms with Crippen LogP contribution in [0, 0.1) is 0 Å². The van der Waals surface area contributed by atoms with Crippen molar-refractivity contribution in [3.63, 3.8) is 0 Å². The van der Waals surface area contributed by atoms with Crippen LogP contribution in [0.25, 0.3) is 5.69 Å². The molecular weight excluding hydrogens is 379 g/mol. The van der Waals surface area contributed by atoms with Crippen molar-refractivity contribution in [1.82, 2.24) is 9.55 Å². The van der Waals surface area contributed by atoms with Gasteiger partial charge in [-0.15, -0.1) is 0 Å². The molecular formula is C18H16F3N3O4. The number of rotatable bonds is 5. The van der Waals surface area contributed by atoms with E-state index in [-0.39, 0.29) is 41.6 Å². The van der Waals surface area contributed by atoms with Gasteiger partial charge in [-0.3, -0.25) is 9.59 Å². The van der Waals surface area contributed by atoms with E-state index in [2.05, 4.69) is 15.0 Å². The summed E-state index contributed by atoms with van der Waals surface area (Å²) in [6, 6.07) is 5.59. The van der Waals surface area contributed by atoms with Gasteiger partial charge in [-0.25, -0.2) is 4.57 Å². The molecule has 1 aromatic carbocycles. The Balaban J connectivity index is 1.68. The van der Waals surface area contributed by atoms with Crippen LogP contribution in [0.4, 0.5) is 19.0 Å². The molecule has 0 spiro atoms. The van der Waals surface area contributed by atoms with Crippen molar-refractivity contribution in [2.75, 3.05) is 11.9 Å². The summed E-state index contributed by atoms with van der Waals surface area (Å²) in [6.07, 6.45) is -1.90. The van der Waals surface area contributed by atoms with Gasteiger partial charge in [0, 0.05) is 0 Å². The molecule has 0 atom stereocenters. The second-order valence-corrected chi connectivity index (χ2v) is 6.66. The van der Waals surface area contributed by atoms with E-state index >= 15 is 0 Å². The molecule has 2 heterocycles. The number of carbonyl (C=O) groups is 1. The molecule has 0 radical (unpaired) electrons. The first-order chi connectivity index (χ1) is 13.3. The van der Waals surface area contributed by atoms with E-state index in [1.165, 1.54) is 28.8 Å². The predicted octanol–water partition coefficient (Wildman–Crippen LogP) is 2.60. The highest BCUT2D eigenvalue weighted by atomic mass is 19.4. The molecule has 0 saturated heterocycles. The monoisotopic (exact) mass is 395 g/mol. The molecule has 148 valence electrons. The quantitative estimate of drug-likeness (QED) is 0.842. The van der Waals surface area contributed by atoms with Gasteiger partial charge in [-0.05, 0) is 43.5 Å². The number of hydrogen-bond acceptors (Lipinski definition) is 5. The van der Waals surface area contributed by atoms with Crippen LogP contribution in [0.15, 0.2) is 29.1 Å². The Labute approximate surface area is 157 Å². The minimum atomic E-state index is -4.44. The molecule has 0 bridgehead atoms. The fourth-order valence-corrected chi connectivity index (χ4v) is 2.94. The highest BCUT2D eigenvalue weighted by molar-refractivity contribution is 5.97. The summed E-state index contributed by atoms with van der Waals surface area (Å²) in [6.45, 7) is -1.41. The lowest BCUT2D eigenvalue weighted by atomic mass is 9.96. The van der Waals surface area contributed by atoms with Crippen LogP contribution in [0.2, 0.25) is 0 Å². The molecule has 1 fully saturated rings. The van der Waals surface area contributed by atoms with Crippen LogP contribution in [-0.4, -0.2) is 34.3 Å². The maximum Gasteiger partial charge on any atom is 0.422 e. The van der Waals surface area contributed by atoms with Gasteiger partial charge in [0.1, 0.15) is 17.7 Å². The molecule has 2 aliphatic rings. The normalized spacial score (nSPS) is 16.3. The summed E-state index contributed by atoms with van der Waals surface area (Å²) >= 11 is 0. The third-order valence-corrected chi connectivity index (χ3v) is 4.56. The van der Waals surface area contributed by atoms with Crippen molar-refractivity contribution < 1.29 is 27.4 Å². The molecule has 1 amide bonds. The van der Waals surface area contributed by atoms with Crippen LogP contribution in [0.1, 0.15) is 24.8 Å². The average Bonchev–Trinajstić information content (AvgIpc) is 2.97. The van der Waals surface area contributed by atoms with Crippen LogP contribution < -0.4 is 20.3 Å². The van der Waals surface area contributed by atoms with Gasteiger partial charge in [0.25, 0.3) is 5.56 Å². The van der Waals surface area contributed by atoms with Crippen LogP contribution in [-0.2, 0) is 11.2 Å². The first-order valence-corrected chi connectivity index (χ1v) is 8.72. The van der Waals surface area contributed by atoms with E-state index in [0.717, 1.165) is 19.3 Å². The zero-order valence-electron chi connectivity index (χ0n) is 14.6. The minimum absolute atomic E-state index is 0.0153. The van der Waals surface area contributed by atoms with Gasteiger partial charge >= 0.3 is 12.2 Å². The molecule has 28 heavy (non-hydrogen) atoms. The van der Waals surface area contributed by atoms with Crippen molar-refractivity contribution in [2.24, 2.45) is 0 Å². The third kappa shape index (κ3) is 3.67. The number of aromatic nitrogens is 2. The van der Waals surface area contributed by atoms with Crippen molar-refractivity contribution >= 4 is 11.7 Å². The number of fused-ring (bicyclic) bond motifs is 1. The standard InChI is InChI=1S/C18H16F3N3O4/c19-18(20,21)9-27-11-6-4-10(5-7-11)24-16(26)13-8-14(25)22-15(13)23-17(24)28-12-2-1-3-12/h4-7,12H,1-3,8-9H2,(H,22,25). The fourth-order valence-electron chi connectivity index (χ4n) is 2.94. The SMILES string of the molecule is O=C1Cc2c(nc(OC3CCC3)n(-c3ccc(OCC(F)(F)F)cc3)c2=O)N1. The molecule has 1 N–H and O–H groups in total. The zero-order valence-corrected chi connectivity index (χ0v) is 14.6. The highest BCUT2D eigenvalue weighted by Gasteiger charge is 2.30. The molecule has 1 aliphatic carbocycles. The Morgan fingerprint density at radius 3 is 2.50 bits per heavy atom. The molecule has 1 aromatic heterocycles. The summed E-state index contributed by atoms with van der Waals surface area (Å²) in [4.78, 5) is 28.9. The third-order valence-electron chi connectivity index (χ3n) is 4.56. The van der Waals surface area contributed by atoms with Crippen molar-refractivity contribution in [1.29, 1.82) is 0 Å². The maximum atomic E-state index is 12.9. The van der Waals surface area contributed by atoms with Gasteiger partial charge in [0.15, 0.2) is 6.61 Å². The van der Waals surface area contributed by atoms with E-state index in [1.807, 2.05) is 0 Å². The summed E-state index contributed by atoms with van der Waals surface area (Å²) < 4.78 is 48.6. The molecule has 2 aromatic rings. The lowest BCUT2D eigenvalue weighted by Gasteiger charge is -2.27. The zero-order chi connectivity index (χ0) is 19.9. The summed E-state index contributed by atoms with van der Waals surface area (Å²) in [7, 11) is 0. The Hall–Kier alpha value is -3.04. The second-order valence-electron chi connectivity index (χ2n) is 6.66. The number of anilines is 1. The van der Waals surface area contributed by atoms with Crippen LogP contribution in [0.3, 0.4) is 0 Å². The number of ether oxygens (including phenoxy) is 2. The largest absolute Gasteiger partial charge is 0.484 e. The van der Waals surface area contributed by atoms with Gasteiger partial charge in [-0.1, -0.05) is 0 Å². The van der Waals surface area contributed by atoms with E-state index < -0.39 is 18.3 Å². The van der Waals surface area contributed by atoms with Gasteiger partial charge in [0.2, 0.25) is 5.91 Å². The number of nitrogens with zero attached hydrogens (tertiary/aromatic N) is 2. The Morgan fingerprint density at radius 2 is 1.89 bits per heavy atom. The van der Waals surface area contributed by atoms with Crippen molar-refractivity contribution in [3.05, 3.63) is 40.2 Å². The molecule has 0 unspecified atom stereocenters. The smallest absolute Gasteiger partial charge is 0.422 e.